The summed E-state index contributed by atoms with van der Waals surface area (Å²) in [5, 5.41) is 13.8. The molecule has 4 N–H and O–H groups in total. The summed E-state index contributed by atoms with van der Waals surface area (Å²) < 4.78 is 0. The number of nitrogens with one attached hydrogen (secondary N) is 2. The highest BCUT2D eigenvalue weighted by molar-refractivity contribution is 5.97. The average Bonchev–Trinajstić information content (AvgIpc) is 2.30. The van der Waals surface area contributed by atoms with Gasteiger partial charge in [0, 0.05) is 17.8 Å². The van der Waals surface area contributed by atoms with E-state index in [2.05, 4.69) is 15.6 Å². The average molecular weight is 231 g/mol. The lowest BCUT2D eigenvalue weighted by atomic mass is 10.2. The van der Waals surface area contributed by atoms with Crippen molar-refractivity contribution in [1.29, 1.82) is 5.26 Å². The van der Waals surface area contributed by atoms with Crippen molar-refractivity contribution in [2.75, 3.05) is 11.9 Å². The van der Waals surface area contributed by atoms with Crippen LogP contribution >= 0.6 is 0 Å². The van der Waals surface area contributed by atoms with Gasteiger partial charge in [0.25, 0.3) is 0 Å². The number of hydrogen-bond donors (Lipinski definition) is 3. The van der Waals surface area contributed by atoms with Gasteiger partial charge in [0.2, 0.25) is 11.9 Å². The summed E-state index contributed by atoms with van der Waals surface area (Å²) in [7, 11) is 0. The van der Waals surface area contributed by atoms with Gasteiger partial charge in [-0.2, -0.15) is 5.26 Å². The van der Waals surface area contributed by atoms with Gasteiger partial charge in [-0.15, -0.1) is 0 Å². The number of benzene rings is 1. The Balaban J connectivity index is 2.87. The molecule has 6 nitrogen and oxygen atoms in total. The highest BCUT2D eigenvalue weighted by Crippen LogP contribution is 2.09. The fraction of sp³-hybridized carbons (Fsp3) is 0.182. The number of amides is 1. The minimum Gasteiger partial charge on any atom is -0.366 e. The monoisotopic (exact) mass is 231 g/mol. The van der Waals surface area contributed by atoms with E-state index in [4.69, 9.17) is 11.0 Å². The summed E-state index contributed by atoms with van der Waals surface area (Å²) >= 11 is 0. The Kier molecular flexibility index (Phi) is 4.51. The molecule has 0 unspecified atom stereocenters. The molecule has 0 aromatic heterocycles. The van der Waals surface area contributed by atoms with Crippen LogP contribution in [-0.2, 0) is 0 Å². The van der Waals surface area contributed by atoms with Crippen molar-refractivity contribution >= 4 is 17.6 Å². The van der Waals surface area contributed by atoms with Crippen LogP contribution < -0.4 is 16.4 Å². The second-order valence-electron chi connectivity index (χ2n) is 3.13. The van der Waals surface area contributed by atoms with E-state index in [9.17, 15) is 4.79 Å². The summed E-state index contributed by atoms with van der Waals surface area (Å²) in [6.45, 7) is 2.38. The lowest BCUT2D eigenvalue weighted by molar-refractivity contribution is 0.100. The molecule has 1 rings (SSSR count). The first-order valence-electron chi connectivity index (χ1n) is 5.03. The molecule has 88 valence electrons. The number of rotatable bonds is 3. The van der Waals surface area contributed by atoms with Gasteiger partial charge in [0.1, 0.15) is 0 Å². The van der Waals surface area contributed by atoms with Gasteiger partial charge in [-0.05, 0) is 25.1 Å². The lowest BCUT2D eigenvalue weighted by Crippen LogP contribution is -2.27. The van der Waals surface area contributed by atoms with Crippen LogP contribution in [0.1, 0.15) is 17.3 Å². The molecule has 0 radical (unpaired) electrons. The van der Waals surface area contributed by atoms with Gasteiger partial charge < -0.3 is 11.1 Å². The van der Waals surface area contributed by atoms with Crippen molar-refractivity contribution in [2.24, 2.45) is 10.7 Å². The first-order chi connectivity index (χ1) is 8.17. The van der Waals surface area contributed by atoms with E-state index in [0.29, 0.717) is 23.8 Å². The van der Waals surface area contributed by atoms with E-state index in [1.165, 1.54) is 0 Å². The number of aliphatic imine (C=N–C) groups is 1. The number of nitrogens with zero attached hydrogens (tertiary/aromatic N) is 2. The number of carbonyl (C=O) groups is 1. The van der Waals surface area contributed by atoms with Crippen molar-refractivity contribution in [2.45, 2.75) is 6.92 Å². The number of primary amides is 1. The van der Waals surface area contributed by atoms with Crippen molar-refractivity contribution < 1.29 is 4.79 Å². The largest absolute Gasteiger partial charge is 0.366 e. The van der Waals surface area contributed by atoms with Gasteiger partial charge >= 0.3 is 0 Å². The van der Waals surface area contributed by atoms with E-state index in [1.807, 2.05) is 6.92 Å². The number of nitrogens with two attached hydrogens (primary N) is 1. The van der Waals surface area contributed by atoms with Gasteiger partial charge in [-0.1, -0.05) is 6.07 Å². The topological polar surface area (TPSA) is 103 Å². The number of hydrogen-bond acceptors (Lipinski definition) is 3. The summed E-state index contributed by atoms with van der Waals surface area (Å²) in [5.41, 5.74) is 6.19. The highest BCUT2D eigenvalue weighted by Gasteiger charge is 2.03. The minimum atomic E-state index is -0.504. The van der Waals surface area contributed by atoms with E-state index in [0.717, 1.165) is 0 Å². The molecule has 0 atom stereocenters. The lowest BCUT2D eigenvalue weighted by Gasteiger charge is -2.08. The first-order valence-corrected chi connectivity index (χ1v) is 5.03. The maximum atomic E-state index is 11.0. The molecule has 0 heterocycles. The molecule has 1 amide bonds. The molecular weight excluding hydrogens is 218 g/mol. The zero-order valence-electron chi connectivity index (χ0n) is 9.40. The predicted molar refractivity (Wildman–Crippen MR) is 65.3 cm³/mol. The molecule has 0 aliphatic heterocycles. The van der Waals surface area contributed by atoms with Gasteiger partial charge in [-0.3, -0.25) is 15.1 Å². The van der Waals surface area contributed by atoms with Crippen LogP contribution in [-0.4, -0.2) is 18.4 Å². The maximum absolute atomic E-state index is 11.0. The number of guanidine groups is 1. The van der Waals surface area contributed by atoms with Crippen LogP contribution in [0.15, 0.2) is 29.3 Å². The summed E-state index contributed by atoms with van der Waals surface area (Å²) in [4.78, 5) is 15.0. The summed E-state index contributed by atoms with van der Waals surface area (Å²) in [5.74, 6) is -0.174. The molecule has 0 spiro atoms. The van der Waals surface area contributed by atoms with Crippen LogP contribution in [0.2, 0.25) is 0 Å². The van der Waals surface area contributed by atoms with E-state index >= 15 is 0 Å². The zero-order valence-corrected chi connectivity index (χ0v) is 9.40. The summed E-state index contributed by atoms with van der Waals surface area (Å²) in [6.07, 6.45) is 1.78. The van der Waals surface area contributed by atoms with Crippen molar-refractivity contribution in [3.05, 3.63) is 29.8 Å². The standard InChI is InChI=1S/C11H13N5O/c1-2-14-11(15-7-12)16-9-5-3-4-8(6-9)10(13)17/h3-6H,2H2,1H3,(H2,13,17)(H2,14,15,16). The molecule has 0 saturated carbocycles. The second kappa shape index (κ2) is 6.12. The third-order valence-corrected chi connectivity index (χ3v) is 1.90. The maximum Gasteiger partial charge on any atom is 0.248 e. The van der Waals surface area contributed by atoms with Crippen molar-refractivity contribution in [3.8, 4) is 6.19 Å². The molecule has 0 fully saturated rings. The van der Waals surface area contributed by atoms with Gasteiger partial charge in [0.15, 0.2) is 6.19 Å². The van der Waals surface area contributed by atoms with Crippen molar-refractivity contribution in [3.63, 3.8) is 0 Å². The molecule has 17 heavy (non-hydrogen) atoms. The van der Waals surface area contributed by atoms with Gasteiger partial charge in [0.05, 0.1) is 0 Å². The first kappa shape index (κ1) is 12.5. The third-order valence-electron chi connectivity index (χ3n) is 1.90. The molecule has 6 heteroatoms. The predicted octanol–water partition coefficient (Wildman–Crippen LogP) is 0.644. The Bertz CT molecular complexity index is 475. The molecule has 0 saturated heterocycles. The number of carbonyl (C=O) groups excluding carboxylic acids is 1. The van der Waals surface area contributed by atoms with Crippen LogP contribution in [0.4, 0.5) is 5.69 Å². The van der Waals surface area contributed by atoms with Gasteiger partial charge in [-0.25, -0.2) is 0 Å². The Hall–Kier alpha value is -2.55. The molecule has 0 bridgehead atoms. The summed E-state index contributed by atoms with van der Waals surface area (Å²) in [6, 6.07) is 6.64. The molecule has 1 aromatic carbocycles. The molecule has 1 aromatic rings. The molecule has 0 aliphatic carbocycles. The minimum absolute atomic E-state index is 0.330. The fourth-order valence-corrected chi connectivity index (χ4v) is 1.21. The Labute approximate surface area is 99.1 Å². The van der Waals surface area contributed by atoms with Crippen molar-refractivity contribution in [1.82, 2.24) is 5.32 Å². The van der Waals surface area contributed by atoms with Crippen LogP contribution in [0.3, 0.4) is 0 Å². The Morgan fingerprint density at radius 2 is 2.35 bits per heavy atom. The molecular formula is C11H13N5O. The molecule has 0 aliphatic rings. The van der Waals surface area contributed by atoms with Crippen LogP contribution in [0.25, 0.3) is 0 Å². The Morgan fingerprint density at radius 1 is 1.59 bits per heavy atom. The van der Waals surface area contributed by atoms with Crippen LogP contribution in [0, 0.1) is 11.5 Å². The smallest absolute Gasteiger partial charge is 0.248 e. The van der Waals surface area contributed by atoms with E-state index < -0.39 is 5.91 Å². The number of nitriles is 1. The zero-order chi connectivity index (χ0) is 12.7. The fourth-order valence-electron chi connectivity index (χ4n) is 1.21. The van der Waals surface area contributed by atoms with Crippen LogP contribution in [0.5, 0.6) is 0 Å². The van der Waals surface area contributed by atoms with E-state index in [-0.39, 0.29) is 0 Å². The quantitative estimate of drug-likeness (QED) is 0.307. The Morgan fingerprint density at radius 3 is 2.94 bits per heavy atom. The highest BCUT2D eigenvalue weighted by atomic mass is 16.1. The number of anilines is 1. The normalized spacial score (nSPS) is 10.5. The second-order valence-corrected chi connectivity index (χ2v) is 3.13. The van der Waals surface area contributed by atoms with E-state index in [1.54, 1.807) is 30.5 Å². The SMILES string of the molecule is CCN=C(NC#N)Nc1cccc(C(N)=O)c1. The third kappa shape index (κ3) is 3.83.